The third-order valence-electron chi connectivity index (χ3n) is 8.73. The molecule has 6 nitrogen and oxygen atoms in total. The summed E-state index contributed by atoms with van der Waals surface area (Å²) in [5.74, 6) is 4.17. The molecule has 1 aliphatic heterocycles. The fourth-order valence-corrected chi connectivity index (χ4v) is 7.48. The Labute approximate surface area is 216 Å². The predicted molar refractivity (Wildman–Crippen MR) is 148 cm³/mol. The van der Waals surface area contributed by atoms with Gasteiger partial charge in [-0.2, -0.15) is 0 Å². The van der Waals surface area contributed by atoms with E-state index in [-0.39, 0.29) is 5.25 Å². The molecule has 1 saturated carbocycles. The summed E-state index contributed by atoms with van der Waals surface area (Å²) < 4.78 is 26.1. The second-order valence-electron chi connectivity index (χ2n) is 11.1. The lowest BCUT2D eigenvalue weighted by Crippen LogP contribution is -2.39. The van der Waals surface area contributed by atoms with Gasteiger partial charge in [-0.3, -0.25) is 0 Å². The number of hydrogen-bond donors (Lipinski definition) is 0. The minimum Gasteiger partial charge on any atom is -0.371 e. The lowest BCUT2D eigenvalue weighted by atomic mass is 9.74. The highest BCUT2D eigenvalue weighted by molar-refractivity contribution is 7.91. The molecule has 0 bridgehead atoms. The number of fused-ring (bicyclic) bond motifs is 1. The molecule has 36 heavy (non-hydrogen) atoms. The van der Waals surface area contributed by atoms with Crippen LogP contribution in [0.1, 0.15) is 64.6 Å². The Morgan fingerprint density at radius 3 is 2.47 bits per heavy atom. The molecule has 5 rings (SSSR count). The standard InChI is InChI=1S/C29H40N4O2S/c1-4-22(23-10-8-21(2)9-11-23)20-28-30-16-12-29(31-28)33-19-15-25-26(6-5-7-27(25)33)32-17-13-24(14-18-32)36(3,34)35/h5-7,12,15-16,19,21-24H,4,8-11,13-14,17-18,20H2,1-3H3. The van der Waals surface area contributed by atoms with Crippen molar-refractivity contribution in [2.45, 2.75) is 70.5 Å². The van der Waals surface area contributed by atoms with Crippen LogP contribution in [0.3, 0.4) is 0 Å². The van der Waals surface area contributed by atoms with Gasteiger partial charge in [-0.25, -0.2) is 18.4 Å². The first kappa shape index (κ1) is 25.2. The fourth-order valence-electron chi connectivity index (χ4n) is 6.41. The molecule has 1 aromatic carbocycles. The first-order valence-corrected chi connectivity index (χ1v) is 15.6. The van der Waals surface area contributed by atoms with Crippen molar-refractivity contribution in [2.75, 3.05) is 24.2 Å². The van der Waals surface area contributed by atoms with Gasteiger partial charge in [0.2, 0.25) is 0 Å². The van der Waals surface area contributed by atoms with Crippen LogP contribution in [-0.2, 0) is 16.3 Å². The van der Waals surface area contributed by atoms with Crippen LogP contribution in [0.2, 0.25) is 0 Å². The summed E-state index contributed by atoms with van der Waals surface area (Å²) in [5.41, 5.74) is 2.29. The number of rotatable bonds is 7. The third-order valence-corrected chi connectivity index (χ3v) is 10.4. The molecule has 1 saturated heterocycles. The van der Waals surface area contributed by atoms with Crippen LogP contribution < -0.4 is 4.90 Å². The van der Waals surface area contributed by atoms with Crippen molar-refractivity contribution in [1.82, 2.24) is 14.5 Å². The van der Waals surface area contributed by atoms with E-state index in [1.165, 1.54) is 49.4 Å². The first-order chi connectivity index (χ1) is 17.3. The minimum absolute atomic E-state index is 0.221. The normalized spacial score (nSPS) is 22.7. The van der Waals surface area contributed by atoms with E-state index in [1.807, 2.05) is 12.3 Å². The maximum absolute atomic E-state index is 12.0. The molecular weight excluding hydrogens is 468 g/mol. The molecule has 7 heteroatoms. The van der Waals surface area contributed by atoms with Crippen LogP contribution in [0.5, 0.6) is 0 Å². The smallest absolute Gasteiger partial charge is 0.150 e. The fraction of sp³-hybridized carbons (Fsp3) is 0.586. The third kappa shape index (κ3) is 5.31. The molecular formula is C29H40N4O2S. The zero-order valence-electron chi connectivity index (χ0n) is 21.9. The van der Waals surface area contributed by atoms with Gasteiger partial charge < -0.3 is 9.47 Å². The molecule has 3 aromatic rings. The zero-order chi connectivity index (χ0) is 25.3. The molecule has 2 aromatic heterocycles. The first-order valence-electron chi connectivity index (χ1n) is 13.7. The topological polar surface area (TPSA) is 68.1 Å². The largest absolute Gasteiger partial charge is 0.371 e. The van der Waals surface area contributed by atoms with E-state index < -0.39 is 9.84 Å². The van der Waals surface area contributed by atoms with Gasteiger partial charge in [0.25, 0.3) is 0 Å². The Balaban J connectivity index is 1.36. The number of sulfone groups is 1. The quantitative estimate of drug-likeness (QED) is 0.402. The van der Waals surface area contributed by atoms with Gasteiger partial charge in [0.05, 0.1) is 10.8 Å². The predicted octanol–water partition coefficient (Wildman–Crippen LogP) is 5.83. The maximum Gasteiger partial charge on any atom is 0.150 e. The lowest BCUT2D eigenvalue weighted by Gasteiger charge is -2.33. The van der Waals surface area contributed by atoms with Gasteiger partial charge in [0.15, 0.2) is 0 Å². The van der Waals surface area contributed by atoms with Crippen molar-refractivity contribution in [3.63, 3.8) is 0 Å². The molecule has 0 amide bonds. The lowest BCUT2D eigenvalue weighted by molar-refractivity contribution is 0.204. The summed E-state index contributed by atoms with van der Waals surface area (Å²) in [6.07, 6.45) is 14.2. The molecule has 2 fully saturated rings. The summed E-state index contributed by atoms with van der Waals surface area (Å²) in [7, 11) is -2.98. The molecule has 1 atom stereocenters. The van der Waals surface area contributed by atoms with Crippen molar-refractivity contribution in [1.29, 1.82) is 0 Å². The summed E-state index contributed by atoms with van der Waals surface area (Å²) >= 11 is 0. The second kappa shape index (κ2) is 10.5. The second-order valence-corrected chi connectivity index (χ2v) is 13.5. The van der Waals surface area contributed by atoms with E-state index in [0.717, 1.165) is 48.5 Å². The Bertz CT molecular complexity index is 1290. The Morgan fingerprint density at radius 2 is 1.78 bits per heavy atom. The van der Waals surface area contributed by atoms with Crippen LogP contribution in [-0.4, -0.2) is 47.5 Å². The van der Waals surface area contributed by atoms with E-state index in [1.54, 1.807) is 0 Å². The summed E-state index contributed by atoms with van der Waals surface area (Å²) in [4.78, 5) is 12.0. The van der Waals surface area contributed by atoms with Crippen molar-refractivity contribution in [2.24, 2.45) is 17.8 Å². The Hall–Kier alpha value is -2.41. The average molecular weight is 509 g/mol. The number of anilines is 1. The minimum atomic E-state index is -2.98. The Morgan fingerprint density at radius 1 is 1.03 bits per heavy atom. The highest BCUT2D eigenvalue weighted by Gasteiger charge is 2.28. The molecule has 1 unspecified atom stereocenters. The van der Waals surface area contributed by atoms with Crippen LogP contribution in [0.15, 0.2) is 42.7 Å². The van der Waals surface area contributed by atoms with Crippen LogP contribution in [0.25, 0.3) is 16.7 Å². The van der Waals surface area contributed by atoms with Crippen LogP contribution in [0.4, 0.5) is 5.69 Å². The van der Waals surface area contributed by atoms with E-state index >= 15 is 0 Å². The van der Waals surface area contributed by atoms with Gasteiger partial charge in [0, 0.05) is 49.2 Å². The Kier molecular flexibility index (Phi) is 7.38. The molecule has 0 spiro atoms. The highest BCUT2D eigenvalue weighted by atomic mass is 32.2. The van der Waals surface area contributed by atoms with E-state index in [4.69, 9.17) is 4.98 Å². The monoisotopic (exact) mass is 508 g/mol. The molecule has 0 N–H and O–H groups in total. The highest BCUT2D eigenvalue weighted by Crippen LogP contribution is 2.36. The van der Waals surface area contributed by atoms with Crippen LogP contribution in [0, 0.1) is 17.8 Å². The van der Waals surface area contributed by atoms with Crippen molar-refractivity contribution < 1.29 is 8.42 Å². The maximum atomic E-state index is 12.0. The molecule has 0 radical (unpaired) electrons. The number of nitrogens with zero attached hydrogens (tertiary/aromatic N) is 4. The van der Waals surface area contributed by atoms with Gasteiger partial charge >= 0.3 is 0 Å². The summed E-state index contributed by atoms with van der Waals surface area (Å²) in [6, 6.07) is 10.5. The average Bonchev–Trinajstić information content (AvgIpc) is 3.32. The van der Waals surface area contributed by atoms with E-state index in [2.05, 4.69) is 58.8 Å². The number of piperidine rings is 1. The summed E-state index contributed by atoms with van der Waals surface area (Å²) in [6.45, 7) is 6.22. The zero-order valence-corrected chi connectivity index (χ0v) is 22.8. The molecule has 1 aliphatic carbocycles. The molecule has 194 valence electrons. The van der Waals surface area contributed by atoms with Gasteiger partial charge in [-0.1, -0.05) is 39.2 Å². The van der Waals surface area contributed by atoms with Crippen LogP contribution >= 0.6 is 0 Å². The van der Waals surface area contributed by atoms with Crippen molar-refractivity contribution in [3.05, 3.63) is 48.5 Å². The van der Waals surface area contributed by atoms with Crippen molar-refractivity contribution >= 4 is 26.4 Å². The molecule has 3 heterocycles. The van der Waals surface area contributed by atoms with Crippen molar-refractivity contribution in [3.8, 4) is 5.82 Å². The summed E-state index contributed by atoms with van der Waals surface area (Å²) in [5, 5.41) is 0.958. The number of aromatic nitrogens is 3. The van der Waals surface area contributed by atoms with Gasteiger partial charge in [-0.15, -0.1) is 0 Å². The SMILES string of the molecule is CCC(Cc1nccc(-n2ccc3c(N4CCC(S(C)(=O)=O)CC4)cccc32)n1)C1CCC(C)CC1. The van der Waals surface area contributed by atoms with Gasteiger partial charge in [0.1, 0.15) is 21.5 Å². The number of benzene rings is 1. The van der Waals surface area contributed by atoms with E-state index in [9.17, 15) is 8.42 Å². The number of hydrogen-bond acceptors (Lipinski definition) is 5. The van der Waals surface area contributed by atoms with Gasteiger partial charge in [-0.05, 0) is 67.7 Å². The molecule has 2 aliphatic rings. The van der Waals surface area contributed by atoms with E-state index in [0.29, 0.717) is 18.8 Å².